The molecule has 0 aromatic carbocycles. The van der Waals surface area contributed by atoms with E-state index in [-0.39, 0.29) is 5.11 Å². The highest BCUT2D eigenvalue weighted by Crippen LogP contribution is 2.23. The van der Waals surface area contributed by atoms with Gasteiger partial charge < -0.3 is 5.73 Å². The molecule has 3 N–H and O–H groups in total. The van der Waals surface area contributed by atoms with Gasteiger partial charge in [-0.2, -0.15) is 5.10 Å². The summed E-state index contributed by atoms with van der Waals surface area (Å²) in [6.45, 7) is 2.00. The van der Waals surface area contributed by atoms with Gasteiger partial charge in [0.15, 0.2) is 5.11 Å². The lowest BCUT2D eigenvalue weighted by Crippen LogP contribution is -2.25. The number of thiophene rings is 1. The summed E-state index contributed by atoms with van der Waals surface area (Å²) >= 11 is 12.2. The van der Waals surface area contributed by atoms with Crippen LogP contribution in [0.1, 0.15) is 18.2 Å². The molecule has 14 heavy (non-hydrogen) atoms. The minimum absolute atomic E-state index is 0.156. The van der Waals surface area contributed by atoms with E-state index in [9.17, 15) is 0 Å². The number of halogens is 1. The summed E-state index contributed by atoms with van der Waals surface area (Å²) in [6, 6.07) is 1.84. The molecule has 1 rings (SSSR count). The van der Waals surface area contributed by atoms with Crippen LogP contribution in [0.4, 0.5) is 0 Å². The van der Waals surface area contributed by atoms with E-state index in [4.69, 9.17) is 17.3 Å². The van der Waals surface area contributed by atoms with E-state index >= 15 is 0 Å². The van der Waals surface area contributed by atoms with E-state index in [1.54, 1.807) is 11.3 Å². The molecule has 0 saturated carbocycles. The highest BCUT2D eigenvalue weighted by molar-refractivity contribution is 7.80. The van der Waals surface area contributed by atoms with Crippen LogP contribution in [0.2, 0.25) is 5.02 Å². The van der Waals surface area contributed by atoms with Gasteiger partial charge in [0.05, 0.1) is 15.6 Å². The molecule has 1 aromatic heterocycles. The number of hydrogen-bond donors (Lipinski definition) is 2. The lowest BCUT2D eigenvalue weighted by atomic mass is 10.2. The zero-order valence-electron chi connectivity index (χ0n) is 7.58. The molecule has 0 saturated heterocycles. The molecular weight excluding hydrogens is 238 g/mol. The first-order valence-electron chi connectivity index (χ1n) is 4.00. The predicted octanol–water partition coefficient (Wildman–Crippen LogP) is 2.35. The Morgan fingerprint density at radius 3 is 2.93 bits per heavy atom. The van der Waals surface area contributed by atoms with Crippen LogP contribution in [0.15, 0.2) is 16.5 Å². The largest absolute Gasteiger partial charge is 0.375 e. The van der Waals surface area contributed by atoms with E-state index in [0.29, 0.717) is 5.02 Å². The summed E-state index contributed by atoms with van der Waals surface area (Å²) in [5.41, 5.74) is 8.69. The highest BCUT2D eigenvalue weighted by Gasteiger charge is 2.07. The maximum atomic E-state index is 5.97. The van der Waals surface area contributed by atoms with Gasteiger partial charge in [-0.25, -0.2) is 0 Å². The summed E-state index contributed by atoms with van der Waals surface area (Å²) in [6.07, 6.45) is 0.774. The van der Waals surface area contributed by atoms with Crippen LogP contribution in [-0.4, -0.2) is 10.8 Å². The summed E-state index contributed by atoms with van der Waals surface area (Å²) < 4.78 is 0. The Kier molecular flexibility index (Phi) is 4.31. The van der Waals surface area contributed by atoms with Crippen molar-refractivity contribution in [1.29, 1.82) is 0 Å². The molecule has 0 spiro atoms. The van der Waals surface area contributed by atoms with Gasteiger partial charge in [0.1, 0.15) is 0 Å². The molecule has 0 atom stereocenters. The quantitative estimate of drug-likeness (QED) is 0.490. The molecule has 3 nitrogen and oxygen atoms in total. The molecule has 0 aliphatic rings. The maximum Gasteiger partial charge on any atom is 0.184 e. The zero-order valence-corrected chi connectivity index (χ0v) is 9.97. The number of hydrazone groups is 1. The van der Waals surface area contributed by atoms with Crippen LogP contribution in [0, 0.1) is 0 Å². The fraction of sp³-hybridized carbons (Fsp3) is 0.250. The van der Waals surface area contributed by atoms with E-state index in [0.717, 1.165) is 17.0 Å². The van der Waals surface area contributed by atoms with Crippen molar-refractivity contribution in [3.8, 4) is 0 Å². The van der Waals surface area contributed by atoms with E-state index in [2.05, 4.69) is 22.7 Å². The third-order valence-electron chi connectivity index (χ3n) is 1.52. The molecule has 0 aliphatic carbocycles. The van der Waals surface area contributed by atoms with Crippen molar-refractivity contribution in [2.24, 2.45) is 10.8 Å². The monoisotopic (exact) mass is 247 g/mol. The molecule has 0 amide bonds. The van der Waals surface area contributed by atoms with Gasteiger partial charge in [0.2, 0.25) is 0 Å². The van der Waals surface area contributed by atoms with Crippen LogP contribution in [0.5, 0.6) is 0 Å². The van der Waals surface area contributed by atoms with Crippen LogP contribution < -0.4 is 11.2 Å². The Morgan fingerprint density at radius 2 is 2.50 bits per heavy atom. The van der Waals surface area contributed by atoms with Crippen molar-refractivity contribution >= 4 is 46.0 Å². The van der Waals surface area contributed by atoms with Gasteiger partial charge in [-0.15, -0.1) is 11.3 Å². The molecule has 1 heterocycles. The number of nitrogens with two attached hydrogens (primary N) is 1. The van der Waals surface area contributed by atoms with Gasteiger partial charge >= 0.3 is 0 Å². The lowest BCUT2D eigenvalue weighted by Gasteiger charge is -2.02. The standard InChI is InChI=1S/C8H10ClN3S2/c1-2-6(11-12-8(10)13)7-5(9)3-4-14-7/h3-4H,2H2,1H3,(H3,10,12,13). The highest BCUT2D eigenvalue weighted by atomic mass is 35.5. The average molecular weight is 248 g/mol. The second-order valence-corrected chi connectivity index (χ2v) is 4.25. The van der Waals surface area contributed by atoms with Crippen molar-refractivity contribution in [2.75, 3.05) is 0 Å². The summed E-state index contributed by atoms with van der Waals surface area (Å²) in [7, 11) is 0. The summed E-state index contributed by atoms with van der Waals surface area (Å²) in [4.78, 5) is 0.956. The molecular formula is C8H10ClN3S2. The fourth-order valence-electron chi connectivity index (χ4n) is 0.913. The van der Waals surface area contributed by atoms with Gasteiger partial charge in [-0.1, -0.05) is 18.5 Å². The Hall–Kier alpha value is -0.650. The minimum atomic E-state index is 0.156. The number of thiocarbonyl (C=S) groups is 1. The zero-order chi connectivity index (χ0) is 10.6. The fourth-order valence-corrected chi connectivity index (χ4v) is 2.19. The second kappa shape index (κ2) is 5.29. The van der Waals surface area contributed by atoms with Gasteiger partial charge in [-0.3, -0.25) is 5.43 Å². The van der Waals surface area contributed by atoms with Crippen molar-refractivity contribution in [3.63, 3.8) is 0 Å². The molecule has 6 heteroatoms. The Morgan fingerprint density at radius 1 is 1.79 bits per heavy atom. The smallest absolute Gasteiger partial charge is 0.184 e. The van der Waals surface area contributed by atoms with Crippen LogP contribution in [0.25, 0.3) is 0 Å². The van der Waals surface area contributed by atoms with E-state index in [1.165, 1.54) is 0 Å². The van der Waals surface area contributed by atoms with Crippen molar-refractivity contribution < 1.29 is 0 Å². The predicted molar refractivity (Wildman–Crippen MR) is 66.1 cm³/mol. The van der Waals surface area contributed by atoms with Gasteiger partial charge in [0.25, 0.3) is 0 Å². The van der Waals surface area contributed by atoms with E-state index in [1.807, 2.05) is 18.4 Å². The van der Waals surface area contributed by atoms with E-state index < -0.39 is 0 Å². The number of nitrogens with one attached hydrogen (secondary N) is 1. The second-order valence-electron chi connectivity index (χ2n) is 2.49. The molecule has 0 unspecified atom stereocenters. The number of rotatable bonds is 3. The lowest BCUT2D eigenvalue weighted by molar-refractivity contribution is 1.02. The minimum Gasteiger partial charge on any atom is -0.375 e. The Labute approximate surface area is 96.9 Å². The third kappa shape index (κ3) is 2.94. The third-order valence-corrected chi connectivity index (χ3v) is 3.00. The van der Waals surface area contributed by atoms with Crippen molar-refractivity contribution in [1.82, 2.24) is 5.43 Å². The van der Waals surface area contributed by atoms with Crippen LogP contribution >= 0.6 is 35.2 Å². The molecule has 0 radical (unpaired) electrons. The normalized spacial score (nSPS) is 11.4. The number of hydrogen-bond acceptors (Lipinski definition) is 3. The van der Waals surface area contributed by atoms with Crippen molar-refractivity contribution in [3.05, 3.63) is 21.3 Å². The SMILES string of the molecule is CCC(=NNC(N)=S)c1sccc1Cl. The Balaban J connectivity index is 2.87. The van der Waals surface area contributed by atoms with Gasteiger partial charge in [-0.05, 0) is 30.1 Å². The van der Waals surface area contributed by atoms with Crippen LogP contribution in [-0.2, 0) is 0 Å². The van der Waals surface area contributed by atoms with Gasteiger partial charge in [0, 0.05) is 0 Å². The molecule has 76 valence electrons. The molecule has 0 bridgehead atoms. The first-order valence-corrected chi connectivity index (χ1v) is 5.67. The Bertz CT molecular complexity index is 359. The maximum absolute atomic E-state index is 5.97. The average Bonchev–Trinajstić information content (AvgIpc) is 2.53. The van der Waals surface area contributed by atoms with Crippen LogP contribution in [0.3, 0.4) is 0 Å². The topological polar surface area (TPSA) is 50.4 Å². The summed E-state index contributed by atoms with van der Waals surface area (Å²) in [5, 5.41) is 6.86. The van der Waals surface area contributed by atoms with Crippen molar-refractivity contribution in [2.45, 2.75) is 13.3 Å². The molecule has 1 aromatic rings. The molecule has 0 aliphatic heterocycles. The first-order chi connectivity index (χ1) is 6.65. The number of nitrogens with zero attached hydrogens (tertiary/aromatic N) is 1. The molecule has 0 fully saturated rings. The first kappa shape index (κ1) is 11.4. The summed E-state index contributed by atoms with van der Waals surface area (Å²) in [5.74, 6) is 0.